The van der Waals surface area contributed by atoms with Crippen LogP contribution in [0.5, 0.6) is 0 Å². The zero-order valence-corrected chi connectivity index (χ0v) is 13.3. The van der Waals surface area contributed by atoms with Crippen molar-refractivity contribution in [3.63, 3.8) is 0 Å². The van der Waals surface area contributed by atoms with E-state index >= 15 is 0 Å². The van der Waals surface area contributed by atoms with Gasteiger partial charge in [-0.2, -0.15) is 5.10 Å². The molecule has 2 aromatic heterocycles. The predicted molar refractivity (Wildman–Crippen MR) is 93.9 cm³/mol. The van der Waals surface area contributed by atoms with E-state index < -0.39 is 0 Å². The quantitative estimate of drug-likeness (QED) is 0.778. The number of carbonyl (C=O) groups is 1. The van der Waals surface area contributed by atoms with E-state index in [1.165, 1.54) is 0 Å². The van der Waals surface area contributed by atoms with Gasteiger partial charge >= 0.3 is 0 Å². The third-order valence-electron chi connectivity index (χ3n) is 4.57. The van der Waals surface area contributed by atoms with Gasteiger partial charge in [-0.15, -0.1) is 0 Å². The van der Waals surface area contributed by atoms with Gasteiger partial charge in [-0.1, -0.05) is 18.2 Å². The van der Waals surface area contributed by atoms with Crippen LogP contribution in [0.25, 0.3) is 10.9 Å². The number of H-pyrrole nitrogens is 1. The maximum Gasteiger partial charge on any atom is 0.228 e. The zero-order valence-electron chi connectivity index (χ0n) is 13.3. The second-order valence-corrected chi connectivity index (χ2v) is 6.11. The van der Waals surface area contributed by atoms with E-state index in [0.29, 0.717) is 5.82 Å². The van der Waals surface area contributed by atoms with Crippen molar-refractivity contribution in [3.05, 3.63) is 48.8 Å². The van der Waals surface area contributed by atoms with Crippen molar-refractivity contribution in [3.8, 4) is 0 Å². The number of nitrogens with one attached hydrogen (secondary N) is 2. The molecule has 2 N–H and O–H groups in total. The first kappa shape index (κ1) is 14.7. The number of nitrogens with zero attached hydrogens (tertiary/aromatic N) is 3. The van der Waals surface area contributed by atoms with Crippen LogP contribution >= 0.6 is 0 Å². The fraction of sp³-hybridized carbons (Fsp3) is 0.278. The van der Waals surface area contributed by atoms with Gasteiger partial charge in [0.05, 0.1) is 23.6 Å². The van der Waals surface area contributed by atoms with Gasteiger partial charge in [-0.25, -0.2) is 0 Å². The highest BCUT2D eigenvalue weighted by Crippen LogP contribution is 2.26. The first-order valence-corrected chi connectivity index (χ1v) is 8.19. The number of piperidine rings is 1. The van der Waals surface area contributed by atoms with E-state index in [9.17, 15) is 4.79 Å². The Morgan fingerprint density at radius 3 is 2.83 bits per heavy atom. The number of rotatable bonds is 3. The van der Waals surface area contributed by atoms with Gasteiger partial charge in [-0.05, 0) is 25.0 Å². The van der Waals surface area contributed by atoms with Crippen LogP contribution in [0.1, 0.15) is 12.8 Å². The largest absolute Gasteiger partial charge is 0.370 e. The summed E-state index contributed by atoms with van der Waals surface area (Å²) in [5.41, 5.74) is 2.14. The number of hydrogen-bond acceptors (Lipinski definition) is 4. The normalized spacial score (nSPS) is 15.6. The number of fused-ring (bicyclic) bond motifs is 1. The second-order valence-electron chi connectivity index (χ2n) is 6.11. The summed E-state index contributed by atoms with van der Waals surface area (Å²) in [4.78, 5) is 19.1. The molecule has 1 aliphatic heterocycles. The van der Waals surface area contributed by atoms with E-state index in [2.05, 4.69) is 37.5 Å². The number of aromatic nitrogens is 3. The molecule has 0 saturated carbocycles. The monoisotopic (exact) mass is 321 g/mol. The van der Waals surface area contributed by atoms with Crippen molar-refractivity contribution in [2.75, 3.05) is 23.3 Å². The van der Waals surface area contributed by atoms with Gasteiger partial charge in [0.25, 0.3) is 0 Å². The first-order valence-electron chi connectivity index (χ1n) is 8.19. The van der Waals surface area contributed by atoms with Crippen molar-refractivity contribution in [2.24, 2.45) is 5.92 Å². The number of hydrogen-bond donors (Lipinski definition) is 2. The molecular weight excluding hydrogens is 302 g/mol. The van der Waals surface area contributed by atoms with Crippen molar-refractivity contribution in [1.29, 1.82) is 0 Å². The number of aromatic amines is 1. The van der Waals surface area contributed by atoms with Gasteiger partial charge in [0.1, 0.15) is 5.82 Å². The Labute approximate surface area is 139 Å². The van der Waals surface area contributed by atoms with Crippen LogP contribution in [-0.2, 0) is 4.79 Å². The molecule has 4 rings (SSSR count). The fourth-order valence-corrected chi connectivity index (χ4v) is 3.19. The van der Waals surface area contributed by atoms with Crippen molar-refractivity contribution >= 4 is 28.3 Å². The Kier molecular flexibility index (Phi) is 3.86. The number of carbonyl (C=O) groups excluding carboxylic acids is 1. The van der Waals surface area contributed by atoms with Crippen LogP contribution in [-0.4, -0.2) is 34.2 Å². The van der Waals surface area contributed by atoms with Gasteiger partial charge in [0.2, 0.25) is 5.91 Å². The Balaban J connectivity index is 1.40. The van der Waals surface area contributed by atoms with Crippen molar-refractivity contribution < 1.29 is 4.79 Å². The highest BCUT2D eigenvalue weighted by atomic mass is 16.2. The van der Waals surface area contributed by atoms with Crippen LogP contribution < -0.4 is 10.2 Å². The molecule has 3 aromatic rings. The number of anilines is 2. The Morgan fingerprint density at radius 2 is 2.04 bits per heavy atom. The molecule has 1 aromatic carbocycles. The molecule has 6 heteroatoms. The second kappa shape index (κ2) is 6.31. The highest BCUT2D eigenvalue weighted by molar-refractivity contribution is 5.91. The summed E-state index contributed by atoms with van der Waals surface area (Å²) >= 11 is 0. The Bertz CT molecular complexity index is 838. The van der Waals surface area contributed by atoms with Gasteiger partial charge in [0, 0.05) is 30.5 Å². The number of benzene rings is 1. The lowest BCUT2D eigenvalue weighted by Gasteiger charge is -2.32. The molecule has 0 radical (unpaired) electrons. The number of pyridine rings is 1. The Morgan fingerprint density at radius 1 is 1.21 bits per heavy atom. The average Bonchev–Trinajstić information content (AvgIpc) is 3.14. The smallest absolute Gasteiger partial charge is 0.228 e. The van der Waals surface area contributed by atoms with Gasteiger partial charge in [0.15, 0.2) is 0 Å². The lowest BCUT2D eigenvalue weighted by Crippen LogP contribution is -2.38. The predicted octanol–water partition coefficient (Wildman–Crippen LogP) is 2.81. The molecule has 0 spiro atoms. The summed E-state index contributed by atoms with van der Waals surface area (Å²) in [7, 11) is 0. The molecule has 3 heterocycles. The number of amides is 1. The molecule has 122 valence electrons. The molecular formula is C18H19N5O. The third-order valence-corrected chi connectivity index (χ3v) is 4.57. The van der Waals surface area contributed by atoms with Crippen LogP contribution in [0.3, 0.4) is 0 Å². The van der Waals surface area contributed by atoms with Crippen LogP contribution in [0.15, 0.2) is 48.8 Å². The zero-order chi connectivity index (χ0) is 16.4. The Hall–Kier alpha value is -2.89. The standard InChI is InChI=1S/C18H19N5O/c24-18(21-17-5-8-20-22-17)13-6-9-23(10-7-13)15-11-14-3-1-2-4-16(14)19-12-15/h1-5,8,11-13H,6-7,9-10H2,(H2,20,21,22,24). The topological polar surface area (TPSA) is 73.9 Å². The van der Waals surface area contributed by atoms with E-state index in [4.69, 9.17) is 0 Å². The minimum Gasteiger partial charge on any atom is -0.370 e. The van der Waals surface area contributed by atoms with Crippen LogP contribution in [0.4, 0.5) is 11.5 Å². The minimum absolute atomic E-state index is 0.0398. The summed E-state index contributed by atoms with van der Waals surface area (Å²) < 4.78 is 0. The molecule has 1 fully saturated rings. The van der Waals surface area contributed by atoms with Crippen molar-refractivity contribution in [2.45, 2.75) is 12.8 Å². The number of para-hydroxylation sites is 1. The summed E-state index contributed by atoms with van der Waals surface area (Å²) in [5, 5.41) is 10.6. The van der Waals surface area contributed by atoms with Crippen LogP contribution in [0.2, 0.25) is 0 Å². The minimum atomic E-state index is 0.0398. The third kappa shape index (κ3) is 2.95. The molecule has 0 atom stereocenters. The molecule has 0 aliphatic carbocycles. The molecule has 0 bridgehead atoms. The van der Waals surface area contributed by atoms with E-state index in [-0.39, 0.29) is 11.8 Å². The highest BCUT2D eigenvalue weighted by Gasteiger charge is 2.25. The summed E-state index contributed by atoms with van der Waals surface area (Å²) in [5.74, 6) is 0.759. The van der Waals surface area contributed by atoms with E-state index in [0.717, 1.165) is 42.5 Å². The van der Waals surface area contributed by atoms with Gasteiger partial charge in [-0.3, -0.25) is 14.9 Å². The molecule has 0 unspecified atom stereocenters. The first-order chi connectivity index (χ1) is 11.8. The van der Waals surface area contributed by atoms with Gasteiger partial charge < -0.3 is 10.2 Å². The summed E-state index contributed by atoms with van der Waals surface area (Å²) in [6.45, 7) is 1.72. The summed E-state index contributed by atoms with van der Waals surface area (Å²) in [6.07, 6.45) is 5.23. The maximum atomic E-state index is 12.3. The maximum absolute atomic E-state index is 12.3. The fourth-order valence-electron chi connectivity index (χ4n) is 3.19. The SMILES string of the molecule is O=C(Nc1ccn[nH]1)C1CCN(c2cnc3ccccc3c2)CC1. The molecule has 6 nitrogen and oxygen atoms in total. The average molecular weight is 321 g/mol. The lowest BCUT2D eigenvalue weighted by molar-refractivity contribution is -0.120. The summed E-state index contributed by atoms with van der Waals surface area (Å²) in [6, 6.07) is 12.1. The lowest BCUT2D eigenvalue weighted by atomic mass is 9.95. The molecule has 1 amide bonds. The molecule has 1 saturated heterocycles. The van der Waals surface area contributed by atoms with E-state index in [1.54, 1.807) is 12.3 Å². The van der Waals surface area contributed by atoms with Crippen LogP contribution in [0, 0.1) is 5.92 Å². The molecule has 1 aliphatic rings. The molecule has 24 heavy (non-hydrogen) atoms. The van der Waals surface area contributed by atoms with E-state index in [1.807, 2.05) is 24.4 Å². The van der Waals surface area contributed by atoms with Crippen molar-refractivity contribution in [1.82, 2.24) is 15.2 Å².